The summed E-state index contributed by atoms with van der Waals surface area (Å²) in [7, 11) is 0. The molecular formula is C18H26N8O. The zero-order chi connectivity index (χ0) is 18.6. The van der Waals surface area contributed by atoms with E-state index in [-0.39, 0.29) is 12.5 Å². The largest absolute Gasteiger partial charge is 0.356 e. The van der Waals surface area contributed by atoms with Crippen molar-refractivity contribution >= 4 is 17.7 Å². The third-order valence-electron chi connectivity index (χ3n) is 5.19. The Bertz CT molecular complexity index is 764. The van der Waals surface area contributed by atoms with Gasteiger partial charge in [0.05, 0.1) is 0 Å². The first-order valence-electron chi connectivity index (χ1n) is 9.65. The maximum Gasteiger partial charge on any atom is 0.244 e. The van der Waals surface area contributed by atoms with Crippen molar-refractivity contribution in [3.63, 3.8) is 0 Å². The van der Waals surface area contributed by atoms with E-state index >= 15 is 0 Å². The van der Waals surface area contributed by atoms with E-state index in [4.69, 9.17) is 4.98 Å². The van der Waals surface area contributed by atoms with Crippen LogP contribution in [0.15, 0.2) is 18.7 Å². The number of aryl methyl sites for hydroxylation is 1. The van der Waals surface area contributed by atoms with Gasteiger partial charge in [-0.3, -0.25) is 4.79 Å². The third-order valence-corrected chi connectivity index (χ3v) is 5.19. The molecule has 4 rings (SSSR count). The zero-order valence-electron chi connectivity index (χ0n) is 15.8. The first-order chi connectivity index (χ1) is 13.2. The Labute approximate surface area is 159 Å². The van der Waals surface area contributed by atoms with E-state index in [9.17, 15) is 4.79 Å². The van der Waals surface area contributed by atoms with E-state index < -0.39 is 0 Å². The SMILES string of the molecule is Cc1cc(N2CCCCC2)nc(N2CCN(C(=O)Cn3cncn3)CC2)n1. The molecule has 27 heavy (non-hydrogen) atoms. The van der Waals surface area contributed by atoms with Gasteiger partial charge in [-0.2, -0.15) is 10.1 Å². The van der Waals surface area contributed by atoms with Crippen molar-refractivity contribution in [1.82, 2.24) is 29.6 Å². The minimum Gasteiger partial charge on any atom is -0.356 e. The summed E-state index contributed by atoms with van der Waals surface area (Å²) in [5.41, 5.74) is 0.991. The van der Waals surface area contributed by atoms with Crippen molar-refractivity contribution in [1.29, 1.82) is 0 Å². The number of carbonyl (C=O) groups excluding carboxylic acids is 1. The molecule has 0 aliphatic carbocycles. The standard InChI is InChI=1S/C18H26N8O/c1-15-11-16(23-5-3-2-4-6-23)22-18(21-15)25-9-7-24(8-10-25)17(27)12-26-14-19-13-20-26/h11,13-14H,2-10,12H2,1H3. The molecule has 0 atom stereocenters. The molecular weight excluding hydrogens is 344 g/mol. The first kappa shape index (κ1) is 17.7. The average Bonchev–Trinajstić information content (AvgIpc) is 3.21. The molecule has 0 saturated carbocycles. The second-order valence-electron chi connectivity index (χ2n) is 7.18. The molecule has 2 aliphatic heterocycles. The van der Waals surface area contributed by atoms with E-state index in [1.165, 1.54) is 25.6 Å². The lowest BCUT2D eigenvalue weighted by Gasteiger charge is -2.35. The maximum absolute atomic E-state index is 12.4. The van der Waals surface area contributed by atoms with E-state index in [0.29, 0.717) is 13.1 Å². The Hall–Kier alpha value is -2.71. The second-order valence-corrected chi connectivity index (χ2v) is 7.18. The van der Waals surface area contributed by atoms with Crippen LogP contribution in [0.25, 0.3) is 0 Å². The number of nitrogens with zero attached hydrogens (tertiary/aromatic N) is 8. The summed E-state index contributed by atoms with van der Waals surface area (Å²) in [5, 5.41) is 4.00. The highest BCUT2D eigenvalue weighted by Crippen LogP contribution is 2.22. The molecule has 2 aromatic rings. The summed E-state index contributed by atoms with van der Waals surface area (Å²) in [4.78, 5) is 32.2. The molecule has 0 unspecified atom stereocenters. The molecule has 2 fully saturated rings. The number of rotatable bonds is 4. The highest BCUT2D eigenvalue weighted by Gasteiger charge is 2.24. The smallest absolute Gasteiger partial charge is 0.244 e. The molecule has 4 heterocycles. The van der Waals surface area contributed by atoms with Gasteiger partial charge in [-0.1, -0.05) is 0 Å². The molecule has 2 aromatic heterocycles. The highest BCUT2D eigenvalue weighted by molar-refractivity contribution is 5.76. The van der Waals surface area contributed by atoms with E-state index in [2.05, 4.69) is 30.9 Å². The van der Waals surface area contributed by atoms with Crippen molar-refractivity contribution in [2.45, 2.75) is 32.7 Å². The van der Waals surface area contributed by atoms with Crippen LogP contribution in [-0.2, 0) is 11.3 Å². The monoisotopic (exact) mass is 370 g/mol. The van der Waals surface area contributed by atoms with Gasteiger partial charge in [-0.05, 0) is 26.2 Å². The van der Waals surface area contributed by atoms with Crippen molar-refractivity contribution in [3.8, 4) is 0 Å². The minimum absolute atomic E-state index is 0.0688. The van der Waals surface area contributed by atoms with Crippen LogP contribution in [-0.4, -0.2) is 74.8 Å². The van der Waals surface area contributed by atoms with Crippen molar-refractivity contribution in [2.24, 2.45) is 0 Å². The van der Waals surface area contributed by atoms with Gasteiger partial charge < -0.3 is 14.7 Å². The molecule has 2 aliphatic rings. The maximum atomic E-state index is 12.4. The summed E-state index contributed by atoms with van der Waals surface area (Å²) >= 11 is 0. The van der Waals surface area contributed by atoms with Crippen molar-refractivity contribution in [2.75, 3.05) is 49.1 Å². The van der Waals surface area contributed by atoms with Gasteiger partial charge in [-0.15, -0.1) is 0 Å². The number of hydrogen-bond acceptors (Lipinski definition) is 7. The van der Waals surface area contributed by atoms with Crippen LogP contribution in [0.1, 0.15) is 25.0 Å². The zero-order valence-corrected chi connectivity index (χ0v) is 15.8. The molecule has 9 heteroatoms. The molecule has 0 bridgehead atoms. The predicted molar refractivity (Wildman–Crippen MR) is 102 cm³/mol. The van der Waals surface area contributed by atoms with Crippen molar-refractivity contribution < 1.29 is 4.79 Å². The number of carbonyl (C=O) groups is 1. The number of amides is 1. The number of piperazine rings is 1. The fraction of sp³-hybridized carbons (Fsp3) is 0.611. The number of piperidine rings is 1. The number of hydrogen-bond donors (Lipinski definition) is 0. The van der Waals surface area contributed by atoms with Gasteiger partial charge in [0.15, 0.2) is 0 Å². The Kier molecular flexibility index (Phi) is 5.17. The fourth-order valence-electron chi connectivity index (χ4n) is 3.67. The van der Waals surface area contributed by atoms with Gasteiger partial charge in [0, 0.05) is 51.0 Å². The van der Waals surface area contributed by atoms with Crippen LogP contribution >= 0.6 is 0 Å². The molecule has 2 saturated heterocycles. The lowest BCUT2D eigenvalue weighted by Crippen LogP contribution is -2.50. The predicted octanol–water partition coefficient (Wildman–Crippen LogP) is 0.716. The molecule has 0 spiro atoms. The number of aromatic nitrogens is 5. The van der Waals surface area contributed by atoms with Gasteiger partial charge in [0.25, 0.3) is 0 Å². The third kappa shape index (κ3) is 4.17. The van der Waals surface area contributed by atoms with E-state index in [1.807, 2.05) is 11.8 Å². The second kappa shape index (κ2) is 7.89. The lowest BCUT2D eigenvalue weighted by atomic mass is 10.1. The van der Waals surface area contributed by atoms with Gasteiger partial charge in [0.2, 0.25) is 11.9 Å². The molecule has 144 valence electrons. The molecule has 0 aromatic carbocycles. The Balaban J connectivity index is 1.39. The van der Waals surface area contributed by atoms with Crippen LogP contribution in [0.2, 0.25) is 0 Å². The molecule has 1 amide bonds. The minimum atomic E-state index is 0.0688. The van der Waals surface area contributed by atoms with Crippen LogP contribution in [0, 0.1) is 6.92 Å². The topological polar surface area (TPSA) is 83.3 Å². The highest BCUT2D eigenvalue weighted by atomic mass is 16.2. The Morgan fingerprint density at radius 2 is 1.78 bits per heavy atom. The van der Waals surface area contributed by atoms with E-state index in [0.717, 1.165) is 43.6 Å². The number of anilines is 2. The van der Waals surface area contributed by atoms with Crippen LogP contribution in [0.5, 0.6) is 0 Å². The van der Waals surface area contributed by atoms with Crippen LogP contribution < -0.4 is 9.80 Å². The summed E-state index contributed by atoms with van der Waals surface area (Å²) < 4.78 is 1.56. The average molecular weight is 370 g/mol. The quantitative estimate of drug-likeness (QED) is 0.784. The summed E-state index contributed by atoms with van der Waals surface area (Å²) in [6.45, 7) is 7.23. The summed E-state index contributed by atoms with van der Waals surface area (Å²) in [5.74, 6) is 1.88. The first-order valence-corrected chi connectivity index (χ1v) is 9.65. The lowest BCUT2D eigenvalue weighted by molar-refractivity contribution is -0.132. The Morgan fingerprint density at radius 1 is 1.00 bits per heavy atom. The van der Waals surface area contributed by atoms with Crippen LogP contribution in [0.4, 0.5) is 11.8 Å². The van der Waals surface area contributed by atoms with Gasteiger partial charge in [0.1, 0.15) is 25.0 Å². The molecule has 0 N–H and O–H groups in total. The van der Waals surface area contributed by atoms with E-state index in [1.54, 1.807) is 11.0 Å². The summed E-state index contributed by atoms with van der Waals surface area (Å²) in [6, 6.07) is 2.08. The molecule has 0 radical (unpaired) electrons. The van der Waals surface area contributed by atoms with Gasteiger partial charge >= 0.3 is 0 Å². The summed E-state index contributed by atoms with van der Waals surface area (Å²) in [6.07, 6.45) is 6.77. The Morgan fingerprint density at radius 3 is 2.48 bits per heavy atom. The molecule has 9 nitrogen and oxygen atoms in total. The van der Waals surface area contributed by atoms with Crippen LogP contribution in [0.3, 0.4) is 0 Å². The fourth-order valence-corrected chi connectivity index (χ4v) is 3.67. The van der Waals surface area contributed by atoms with Crippen molar-refractivity contribution in [3.05, 3.63) is 24.4 Å². The van der Waals surface area contributed by atoms with Gasteiger partial charge in [-0.25, -0.2) is 14.6 Å². The normalized spacial score (nSPS) is 18.0.